The molecule has 0 fully saturated rings. The lowest BCUT2D eigenvalue weighted by atomic mass is 10.2. The molecule has 2 atom stereocenters. The highest BCUT2D eigenvalue weighted by atomic mass is 16.6. The van der Waals surface area contributed by atoms with Gasteiger partial charge in [0, 0.05) is 0 Å². The summed E-state index contributed by atoms with van der Waals surface area (Å²) >= 11 is 0. The molecule has 7 heteroatoms. The second kappa shape index (κ2) is 7.88. The quantitative estimate of drug-likeness (QED) is 0.751. The van der Waals surface area contributed by atoms with E-state index in [2.05, 4.69) is 5.32 Å². The maximum Gasteiger partial charge on any atom is 0.408 e. The molecule has 2 amide bonds. The van der Waals surface area contributed by atoms with Crippen molar-refractivity contribution in [3.05, 3.63) is 35.9 Å². The molecule has 0 aliphatic carbocycles. The predicted molar refractivity (Wildman–Crippen MR) is 74.0 cm³/mol. The largest absolute Gasteiger partial charge is 0.451 e. The van der Waals surface area contributed by atoms with Gasteiger partial charge in [0.05, 0.1) is 0 Å². The van der Waals surface area contributed by atoms with Gasteiger partial charge >= 0.3 is 12.1 Å². The Hall–Kier alpha value is -2.57. The Morgan fingerprint density at radius 1 is 1.19 bits per heavy atom. The highest BCUT2D eigenvalue weighted by Gasteiger charge is 2.22. The lowest BCUT2D eigenvalue weighted by molar-refractivity contribution is -0.155. The number of alkyl carbamates (subject to hydrolysis) is 1. The van der Waals surface area contributed by atoms with E-state index >= 15 is 0 Å². The molecular formula is C14H18N2O5. The van der Waals surface area contributed by atoms with Crippen molar-refractivity contribution in [1.82, 2.24) is 5.32 Å². The molecule has 1 aromatic rings. The van der Waals surface area contributed by atoms with Crippen molar-refractivity contribution < 1.29 is 23.9 Å². The molecule has 7 nitrogen and oxygen atoms in total. The van der Waals surface area contributed by atoms with Gasteiger partial charge in [0.15, 0.2) is 6.10 Å². The number of amides is 2. The number of hydrogen-bond acceptors (Lipinski definition) is 5. The van der Waals surface area contributed by atoms with Gasteiger partial charge < -0.3 is 20.5 Å². The van der Waals surface area contributed by atoms with E-state index in [1.165, 1.54) is 13.8 Å². The Kier molecular flexibility index (Phi) is 6.19. The molecule has 1 rings (SSSR count). The molecule has 0 aromatic heterocycles. The minimum absolute atomic E-state index is 0.0894. The van der Waals surface area contributed by atoms with Crippen LogP contribution in [0.15, 0.2) is 30.3 Å². The van der Waals surface area contributed by atoms with Gasteiger partial charge in [-0.1, -0.05) is 30.3 Å². The molecule has 0 aliphatic rings. The average Bonchev–Trinajstić information content (AvgIpc) is 2.45. The normalized spacial score (nSPS) is 12.9. The van der Waals surface area contributed by atoms with Gasteiger partial charge in [-0.15, -0.1) is 0 Å². The number of carbonyl (C=O) groups is 3. The summed E-state index contributed by atoms with van der Waals surface area (Å²) in [6, 6.07) is 8.15. The maximum absolute atomic E-state index is 11.6. The fourth-order valence-corrected chi connectivity index (χ4v) is 1.33. The lowest BCUT2D eigenvalue weighted by Gasteiger charge is -2.15. The highest BCUT2D eigenvalue weighted by Crippen LogP contribution is 2.01. The van der Waals surface area contributed by atoms with Gasteiger partial charge in [0.2, 0.25) is 0 Å². The van der Waals surface area contributed by atoms with Gasteiger partial charge in [-0.05, 0) is 19.4 Å². The van der Waals surface area contributed by atoms with Crippen LogP contribution in [0.1, 0.15) is 19.4 Å². The monoisotopic (exact) mass is 294 g/mol. The number of esters is 1. The molecule has 0 heterocycles. The second-order valence-electron chi connectivity index (χ2n) is 4.41. The Morgan fingerprint density at radius 2 is 1.81 bits per heavy atom. The third-order valence-electron chi connectivity index (χ3n) is 2.59. The summed E-state index contributed by atoms with van der Waals surface area (Å²) in [6.07, 6.45) is -1.81. The van der Waals surface area contributed by atoms with Crippen molar-refractivity contribution in [2.45, 2.75) is 32.6 Å². The number of ether oxygens (including phenoxy) is 2. The maximum atomic E-state index is 11.6. The summed E-state index contributed by atoms with van der Waals surface area (Å²) in [5.41, 5.74) is 5.79. The number of hydrogen-bond donors (Lipinski definition) is 2. The van der Waals surface area contributed by atoms with Gasteiger partial charge in [0.25, 0.3) is 5.91 Å². The molecule has 0 bridgehead atoms. The van der Waals surface area contributed by atoms with Gasteiger partial charge in [-0.2, -0.15) is 0 Å². The van der Waals surface area contributed by atoms with Crippen LogP contribution in [0.4, 0.5) is 4.79 Å². The van der Waals surface area contributed by atoms with Crippen molar-refractivity contribution >= 4 is 18.0 Å². The SMILES string of the molecule is C[C@H](NC(=O)OCc1ccccc1)C(=O)O[C@@H](C)C(N)=O. The topological polar surface area (TPSA) is 108 Å². The van der Waals surface area contributed by atoms with Crippen LogP contribution in [0.2, 0.25) is 0 Å². The zero-order valence-electron chi connectivity index (χ0n) is 11.9. The summed E-state index contributed by atoms with van der Waals surface area (Å²) in [6.45, 7) is 2.85. The number of rotatable bonds is 6. The Balaban J connectivity index is 2.36. The van der Waals surface area contributed by atoms with Crippen LogP contribution in [-0.2, 0) is 25.7 Å². The van der Waals surface area contributed by atoms with Crippen molar-refractivity contribution in [3.8, 4) is 0 Å². The molecule has 21 heavy (non-hydrogen) atoms. The molecule has 0 spiro atoms. The average molecular weight is 294 g/mol. The number of nitrogens with two attached hydrogens (primary N) is 1. The number of carbonyl (C=O) groups excluding carboxylic acids is 3. The zero-order chi connectivity index (χ0) is 15.8. The third kappa shape index (κ3) is 5.94. The molecule has 114 valence electrons. The van der Waals surface area contributed by atoms with Crippen LogP contribution >= 0.6 is 0 Å². The fraction of sp³-hybridized carbons (Fsp3) is 0.357. The van der Waals surface area contributed by atoms with E-state index < -0.39 is 30.1 Å². The van der Waals surface area contributed by atoms with Crippen LogP contribution in [-0.4, -0.2) is 30.1 Å². The van der Waals surface area contributed by atoms with E-state index in [1.807, 2.05) is 18.2 Å². The molecule has 0 saturated carbocycles. The Bertz CT molecular complexity index is 503. The van der Waals surface area contributed by atoms with E-state index in [0.29, 0.717) is 0 Å². The lowest BCUT2D eigenvalue weighted by Crippen LogP contribution is -2.42. The molecular weight excluding hydrogens is 276 g/mol. The van der Waals surface area contributed by atoms with Gasteiger partial charge in [-0.25, -0.2) is 9.59 Å². The van der Waals surface area contributed by atoms with E-state index in [0.717, 1.165) is 5.56 Å². The predicted octanol–water partition coefficient (Wildman–Crippen LogP) is 0.718. The number of primary amides is 1. The van der Waals surface area contributed by atoms with Gasteiger partial charge in [-0.3, -0.25) is 4.79 Å². The van der Waals surface area contributed by atoms with Crippen molar-refractivity contribution in [3.63, 3.8) is 0 Å². The van der Waals surface area contributed by atoms with Crippen LogP contribution in [0.5, 0.6) is 0 Å². The van der Waals surface area contributed by atoms with Crippen molar-refractivity contribution in [2.24, 2.45) is 5.73 Å². The standard InChI is InChI=1S/C14H18N2O5/c1-9(13(18)21-10(2)12(15)17)16-14(19)20-8-11-6-4-3-5-7-11/h3-7,9-10H,8H2,1-2H3,(H2,15,17)(H,16,19)/t9-,10-/m0/s1. The Labute approximate surface area is 122 Å². The molecule has 0 saturated heterocycles. The summed E-state index contributed by atoms with van der Waals surface area (Å²) < 4.78 is 9.71. The Morgan fingerprint density at radius 3 is 2.38 bits per heavy atom. The van der Waals surface area contributed by atoms with E-state index in [4.69, 9.17) is 15.2 Å². The van der Waals surface area contributed by atoms with Crippen molar-refractivity contribution in [1.29, 1.82) is 0 Å². The summed E-state index contributed by atoms with van der Waals surface area (Å²) in [5, 5.41) is 2.31. The van der Waals surface area contributed by atoms with Crippen LogP contribution < -0.4 is 11.1 Å². The molecule has 3 N–H and O–H groups in total. The first-order valence-corrected chi connectivity index (χ1v) is 6.37. The first-order valence-electron chi connectivity index (χ1n) is 6.37. The summed E-state index contributed by atoms with van der Waals surface area (Å²) in [4.78, 5) is 33.9. The smallest absolute Gasteiger partial charge is 0.408 e. The fourth-order valence-electron chi connectivity index (χ4n) is 1.33. The minimum atomic E-state index is -1.05. The number of nitrogens with one attached hydrogen (secondary N) is 1. The van der Waals surface area contributed by atoms with Crippen LogP contribution in [0.3, 0.4) is 0 Å². The molecule has 1 aromatic carbocycles. The van der Waals surface area contributed by atoms with E-state index in [9.17, 15) is 14.4 Å². The molecule has 0 unspecified atom stereocenters. The highest BCUT2D eigenvalue weighted by molar-refractivity contribution is 5.85. The van der Waals surface area contributed by atoms with E-state index in [1.54, 1.807) is 12.1 Å². The summed E-state index contributed by atoms with van der Waals surface area (Å²) in [7, 11) is 0. The first kappa shape index (κ1) is 16.5. The van der Waals surface area contributed by atoms with Crippen molar-refractivity contribution in [2.75, 3.05) is 0 Å². The summed E-state index contributed by atoms with van der Waals surface area (Å²) in [5.74, 6) is -1.53. The van der Waals surface area contributed by atoms with Gasteiger partial charge in [0.1, 0.15) is 12.6 Å². The molecule has 0 radical (unpaired) electrons. The van der Waals surface area contributed by atoms with Crippen LogP contribution in [0.25, 0.3) is 0 Å². The minimum Gasteiger partial charge on any atom is -0.451 e. The molecule has 0 aliphatic heterocycles. The second-order valence-corrected chi connectivity index (χ2v) is 4.41. The van der Waals surface area contributed by atoms with E-state index in [-0.39, 0.29) is 6.61 Å². The van der Waals surface area contributed by atoms with Crippen LogP contribution in [0, 0.1) is 0 Å². The number of benzene rings is 1. The first-order chi connectivity index (χ1) is 9.90. The zero-order valence-corrected chi connectivity index (χ0v) is 11.9. The third-order valence-corrected chi connectivity index (χ3v) is 2.59.